The minimum atomic E-state index is -1.00. The first-order valence-corrected chi connectivity index (χ1v) is 3.51. The van der Waals surface area contributed by atoms with Crippen LogP contribution in [0.5, 0.6) is 0 Å². The molecular formula is C6H12N2O3. The highest BCUT2D eigenvalue weighted by Gasteiger charge is 2.32. The molecule has 1 aliphatic heterocycles. The monoisotopic (exact) mass is 160 g/mol. The summed E-state index contributed by atoms with van der Waals surface area (Å²) in [6.45, 7) is 0.195. The van der Waals surface area contributed by atoms with Crippen LogP contribution in [0.3, 0.4) is 0 Å². The van der Waals surface area contributed by atoms with Gasteiger partial charge in [0, 0.05) is 12.6 Å². The third-order valence-electron chi connectivity index (χ3n) is 1.90. The van der Waals surface area contributed by atoms with E-state index in [0.29, 0.717) is 13.0 Å². The molecule has 5 nitrogen and oxygen atoms in total. The van der Waals surface area contributed by atoms with E-state index in [1.54, 1.807) is 0 Å². The van der Waals surface area contributed by atoms with Gasteiger partial charge in [-0.05, 0) is 6.42 Å². The number of hydrogen-bond acceptors (Lipinski definition) is 3. The molecule has 0 radical (unpaired) electrons. The van der Waals surface area contributed by atoms with Crippen molar-refractivity contribution in [2.45, 2.75) is 18.5 Å². The van der Waals surface area contributed by atoms with Gasteiger partial charge in [0.2, 0.25) is 0 Å². The molecule has 0 aromatic carbocycles. The summed E-state index contributed by atoms with van der Waals surface area (Å²) in [7, 11) is 0. The summed E-state index contributed by atoms with van der Waals surface area (Å²) in [5.41, 5.74) is 5.51. The van der Waals surface area contributed by atoms with Crippen LogP contribution in [0.2, 0.25) is 0 Å². The van der Waals surface area contributed by atoms with Gasteiger partial charge >= 0.3 is 6.09 Å². The van der Waals surface area contributed by atoms with E-state index >= 15 is 0 Å². The second-order valence-corrected chi connectivity index (χ2v) is 2.77. The first-order chi connectivity index (χ1) is 5.15. The fraction of sp³-hybridized carbons (Fsp3) is 0.833. The van der Waals surface area contributed by atoms with E-state index in [9.17, 15) is 4.79 Å². The van der Waals surface area contributed by atoms with Crippen LogP contribution in [0.15, 0.2) is 0 Å². The molecule has 1 rings (SSSR count). The van der Waals surface area contributed by atoms with E-state index in [2.05, 4.69) is 0 Å². The van der Waals surface area contributed by atoms with Gasteiger partial charge in [-0.25, -0.2) is 4.79 Å². The maximum atomic E-state index is 10.5. The van der Waals surface area contributed by atoms with E-state index in [0.717, 1.165) is 0 Å². The molecule has 4 N–H and O–H groups in total. The lowest BCUT2D eigenvalue weighted by molar-refractivity contribution is 0.118. The van der Waals surface area contributed by atoms with Crippen molar-refractivity contribution in [2.24, 2.45) is 5.73 Å². The molecule has 2 atom stereocenters. The van der Waals surface area contributed by atoms with Gasteiger partial charge in [0.25, 0.3) is 0 Å². The van der Waals surface area contributed by atoms with Gasteiger partial charge in [-0.15, -0.1) is 0 Å². The number of amides is 1. The van der Waals surface area contributed by atoms with Gasteiger partial charge in [-0.3, -0.25) is 0 Å². The van der Waals surface area contributed by atoms with Crippen LogP contribution in [0.1, 0.15) is 6.42 Å². The van der Waals surface area contributed by atoms with Gasteiger partial charge in [-0.2, -0.15) is 0 Å². The van der Waals surface area contributed by atoms with Crippen molar-refractivity contribution in [3.8, 4) is 0 Å². The molecule has 0 unspecified atom stereocenters. The summed E-state index contributed by atoms with van der Waals surface area (Å²) >= 11 is 0. The number of carboxylic acid groups (broad SMARTS) is 1. The van der Waals surface area contributed by atoms with Crippen molar-refractivity contribution < 1.29 is 15.0 Å². The first-order valence-electron chi connectivity index (χ1n) is 3.51. The zero-order valence-corrected chi connectivity index (χ0v) is 6.10. The second kappa shape index (κ2) is 3.06. The van der Waals surface area contributed by atoms with Gasteiger partial charge in [0.1, 0.15) is 0 Å². The molecule has 0 saturated carbocycles. The Morgan fingerprint density at radius 2 is 2.36 bits per heavy atom. The largest absolute Gasteiger partial charge is 0.465 e. The summed E-state index contributed by atoms with van der Waals surface area (Å²) in [5.74, 6) is 0. The van der Waals surface area contributed by atoms with E-state index < -0.39 is 6.09 Å². The predicted molar refractivity (Wildman–Crippen MR) is 38.2 cm³/mol. The van der Waals surface area contributed by atoms with Gasteiger partial charge < -0.3 is 20.8 Å². The molecule has 1 heterocycles. The number of rotatable bonds is 1. The minimum absolute atomic E-state index is 0.122. The van der Waals surface area contributed by atoms with Crippen LogP contribution in [-0.4, -0.2) is 46.4 Å². The van der Waals surface area contributed by atoms with Crippen molar-refractivity contribution in [1.29, 1.82) is 0 Å². The van der Waals surface area contributed by atoms with Crippen LogP contribution in [0, 0.1) is 0 Å². The first kappa shape index (κ1) is 8.29. The molecule has 1 saturated heterocycles. The smallest absolute Gasteiger partial charge is 0.407 e. The summed E-state index contributed by atoms with van der Waals surface area (Å²) in [6.07, 6.45) is -0.444. The minimum Gasteiger partial charge on any atom is -0.465 e. The predicted octanol–water partition coefficient (Wildman–Crippen LogP) is -0.942. The SMILES string of the molecule is N[C@@H]1C[C@@H](CO)N(C(=O)O)C1. The summed E-state index contributed by atoms with van der Waals surface area (Å²) < 4.78 is 0. The second-order valence-electron chi connectivity index (χ2n) is 2.77. The highest BCUT2D eigenvalue weighted by atomic mass is 16.4. The third-order valence-corrected chi connectivity index (χ3v) is 1.90. The molecule has 1 amide bonds. The Morgan fingerprint density at radius 1 is 1.73 bits per heavy atom. The number of likely N-dealkylation sites (tertiary alicyclic amines) is 1. The molecule has 0 bridgehead atoms. The number of aliphatic hydroxyl groups excluding tert-OH is 1. The maximum absolute atomic E-state index is 10.5. The Labute approximate surface area is 64.4 Å². The number of aliphatic hydroxyl groups is 1. The molecule has 0 aromatic rings. The summed E-state index contributed by atoms with van der Waals surface area (Å²) in [4.78, 5) is 11.7. The Hall–Kier alpha value is -0.810. The Kier molecular flexibility index (Phi) is 2.31. The highest BCUT2D eigenvalue weighted by molar-refractivity contribution is 5.66. The zero-order valence-electron chi connectivity index (χ0n) is 6.10. The van der Waals surface area contributed by atoms with Crippen LogP contribution in [-0.2, 0) is 0 Å². The number of hydrogen-bond donors (Lipinski definition) is 3. The Morgan fingerprint density at radius 3 is 2.73 bits per heavy atom. The lowest BCUT2D eigenvalue weighted by Gasteiger charge is -2.18. The molecule has 11 heavy (non-hydrogen) atoms. The molecular weight excluding hydrogens is 148 g/mol. The average molecular weight is 160 g/mol. The van der Waals surface area contributed by atoms with Crippen LogP contribution in [0.25, 0.3) is 0 Å². The molecule has 1 fully saturated rings. The standard InChI is InChI=1S/C6H12N2O3/c7-4-1-5(3-9)8(2-4)6(10)11/h4-5,9H,1-3,7H2,(H,10,11)/t4-,5+/m1/s1. The molecule has 0 spiro atoms. The van der Waals surface area contributed by atoms with Crippen molar-refractivity contribution in [2.75, 3.05) is 13.2 Å². The molecule has 64 valence electrons. The quantitative estimate of drug-likeness (QED) is 0.462. The molecule has 0 aliphatic carbocycles. The summed E-state index contributed by atoms with van der Waals surface area (Å²) in [5, 5.41) is 17.3. The third kappa shape index (κ3) is 1.61. The van der Waals surface area contributed by atoms with E-state index in [4.69, 9.17) is 15.9 Å². The lowest BCUT2D eigenvalue weighted by Crippen LogP contribution is -2.37. The molecule has 0 aromatic heterocycles. The maximum Gasteiger partial charge on any atom is 0.407 e. The van der Waals surface area contributed by atoms with E-state index in [1.165, 1.54) is 4.90 Å². The van der Waals surface area contributed by atoms with Crippen molar-refractivity contribution in [3.63, 3.8) is 0 Å². The van der Waals surface area contributed by atoms with Gasteiger partial charge in [0.15, 0.2) is 0 Å². The lowest BCUT2D eigenvalue weighted by atomic mass is 10.2. The molecule has 1 aliphatic rings. The Bertz CT molecular complexity index is 162. The normalized spacial score (nSPS) is 30.9. The topological polar surface area (TPSA) is 86.8 Å². The highest BCUT2D eigenvalue weighted by Crippen LogP contribution is 2.15. The summed E-state index contributed by atoms with van der Waals surface area (Å²) in [6, 6.07) is -0.425. The zero-order chi connectivity index (χ0) is 8.43. The van der Waals surface area contributed by atoms with Crippen molar-refractivity contribution >= 4 is 6.09 Å². The number of nitrogens with zero attached hydrogens (tertiary/aromatic N) is 1. The average Bonchev–Trinajstić information content (AvgIpc) is 2.30. The van der Waals surface area contributed by atoms with Crippen LogP contribution in [0.4, 0.5) is 4.79 Å². The van der Waals surface area contributed by atoms with Gasteiger partial charge in [-0.1, -0.05) is 0 Å². The van der Waals surface area contributed by atoms with Crippen LogP contribution < -0.4 is 5.73 Å². The fourth-order valence-corrected chi connectivity index (χ4v) is 1.36. The van der Waals surface area contributed by atoms with Crippen LogP contribution >= 0.6 is 0 Å². The van der Waals surface area contributed by atoms with Crippen molar-refractivity contribution in [1.82, 2.24) is 4.90 Å². The number of nitrogens with two attached hydrogens (primary N) is 1. The number of carbonyl (C=O) groups is 1. The van der Waals surface area contributed by atoms with Gasteiger partial charge in [0.05, 0.1) is 12.6 Å². The Balaban J connectivity index is 2.57. The van der Waals surface area contributed by atoms with Crippen molar-refractivity contribution in [3.05, 3.63) is 0 Å². The fourth-order valence-electron chi connectivity index (χ4n) is 1.36. The van der Waals surface area contributed by atoms with E-state index in [-0.39, 0.29) is 18.7 Å². The van der Waals surface area contributed by atoms with E-state index in [1.807, 2.05) is 0 Å². The molecule has 5 heteroatoms.